The van der Waals surface area contributed by atoms with E-state index in [9.17, 15) is 9.46 Å². The van der Waals surface area contributed by atoms with Crippen LogP contribution >= 0.6 is 7.82 Å². The zero-order chi connectivity index (χ0) is 19.3. The van der Waals surface area contributed by atoms with Crippen LogP contribution in [0.4, 0.5) is 0 Å². The minimum atomic E-state index is -3.91. The summed E-state index contributed by atoms with van der Waals surface area (Å²) in [5.74, 6) is 2.15. The Morgan fingerprint density at radius 1 is 0.808 bits per heavy atom. The summed E-state index contributed by atoms with van der Waals surface area (Å²) >= 11 is 0. The molecule has 0 bridgehead atoms. The van der Waals surface area contributed by atoms with Crippen LogP contribution in [0.2, 0.25) is 0 Å². The van der Waals surface area contributed by atoms with Gasteiger partial charge in [0.25, 0.3) is 0 Å². The molecule has 0 amide bonds. The van der Waals surface area contributed by atoms with Gasteiger partial charge in [0, 0.05) is 0 Å². The molecule has 0 aromatic rings. The van der Waals surface area contributed by atoms with Crippen molar-refractivity contribution in [3.8, 4) is 0 Å². The van der Waals surface area contributed by atoms with Crippen LogP contribution in [0.3, 0.4) is 0 Å². The van der Waals surface area contributed by atoms with Gasteiger partial charge in [0.1, 0.15) is 0 Å². The molecule has 156 valence electrons. The fourth-order valence-electron chi connectivity index (χ4n) is 2.92. The standard InChI is InChI=1S/C20H43O4P.Ca.2H/c1-17(2)11-9-14-19(5)13-7-8-16-23-25(21,22)24-20(6)15-10-12-18(3)4;;;/h17-20H,7-16H2,1-6H3,(H,21,22);;;/q;+2;2*-1. The molecule has 0 aliphatic rings. The maximum absolute atomic E-state index is 11.9. The summed E-state index contributed by atoms with van der Waals surface area (Å²) in [6, 6.07) is 0. The summed E-state index contributed by atoms with van der Waals surface area (Å²) in [6.07, 6.45) is 9.54. The first-order valence-electron chi connectivity index (χ1n) is 10.3. The second kappa shape index (κ2) is 17.2. The summed E-state index contributed by atoms with van der Waals surface area (Å²) in [7, 11) is -3.91. The summed E-state index contributed by atoms with van der Waals surface area (Å²) in [5, 5.41) is 0. The summed E-state index contributed by atoms with van der Waals surface area (Å²) < 4.78 is 22.3. The van der Waals surface area contributed by atoms with E-state index in [4.69, 9.17) is 9.05 Å². The normalized spacial score (nSPS) is 16.3. The Labute approximate surface area is 195 Å². The molecular formula is C20H45CaO4P. The molecule has 0 aromatic carbocycles. The molecule has 4 nitrogen and oxygen atoms in total. The SMILES string of the molecule is CC(C)CCCC(C)CCCCOP(=O)(O)OC(C)CCCC(C)C.[Ca+2].[H-].[H-]. The van der Waals surface area contributed by atoms with Crippen molar-refractivity contribution in [2.45, 2.75) is 105 Å². The van der Waals surface area contributed by atoms with Crippen molar-refractivity contribution in [2.75, 3.05) is 6.61 Å². The number of hydrogen-bond donors (Lipinski definition) is 1. The Morgan fingerprint density at radius 2 is 1.31 bits per heavy atom. The van der Waals surface area contributed by atoms with Crippen molar-refractivity contribution >= 4 is 45.6 Å². The maximum atomic E-state index is 11.9. The largest absolute Gasteiger partial charge is 2.00 e. The van der Waals surface area contributed by atoms with E-state index >= 15 is 0 Å². The molecule has 0 fully saturated rings. The third-order valence-electron chi connectivity index (χ3n) is 4.53. The van der Waals surface area contributed by atoms with Crippen LogP contribution < -0.4 is 0 Å². The molecular weight excluding hydrogens is 375 g/mol. The Hall–Kier alpha value is 1.37. The number of phosphoric acid groups is 1. The average molecular weight is 421 g/mol. The fraction of sp³-hybridized carbons (Fsp3) is 1.00. The molecule has 0 saturated carbocycles. The van der Waals surface area contributed by atoms with E-state index in [0.29, 0.717) is 12.5 Å². The van der Waals surface area contributed by atoms with Crippen molar-refractivity contribution in [1.29, 1.82) is 0 Å². The molecule has 1 N–H and O–H groups in total. The van der Waals surface area contributed by atoms with Gasteiger partial charge in [0.05, 0.1) is 12.7 Å². The van der Waals surface area contributed by atoms with E-state index in [-0.39, 0.29) is 46.7 Å². The van der Waals surface area contributed by atoms with Crippen molar-refractivity contribution in [2.24, 2.45) is 17.8 Å². The van der Waals surface area contributed by atoms with E-state index in [0.717, 1.165) is 50.4 Å². The van der Waals surface area contributed by atoms with E-state index in [2.05, 4.69) is 34.6 Å². The molecule has 0 heterocycles. The number of unbranched alkanes of at least 4 members (excludes halogenated alkanes) is 1. The van der Waals surface area contributed by atoms with Crippen LogP contribution in [-0.4, -0.2) is 55.3 Å². The smallest absolute Gasteiger partial charge is 1.00 e. The van der Waals surface area contributed by atoms with Gasteiger partial charge < -0.3 is 7.75 Å². The Bertz CT molecular complexity index is 374. The van der Waals surface area contributed by atoms with Crippen LogP contribution in [0.5, 0.6) is 0 Å². The summed E-state index contributed by atoms with van der Waals surface area (Å²) in [5.41, 5.74) is 0. The van der Waals surface area contributed by atoms with Gasteiger partial charge in [0.2, 0.25) is 0 Å². The summed E-state index contributed by atoms with van der Waals surface area (Å²) in [6.45, 7) is 13.3. The predicted molar refractivity (Wildman–Crippen MR) is 115 cm³/mol. The van der Waals surface area contributed by atoms with Crippen molar-refractivity contribution in [1.82, 2.24) is 0 Å². The van der Waals surface area contributed by atoms with Gasteiger partial charge >= 0.3 is 45.6 Å². The number of rotatable bonds is 16. The number of hydrogen-bond acceptors (Lipinski definition) is 3. The zero-order valence-electron chi connectivity index (χ0n) is 20.2. The van der Waals surface area contributed by atoms with Crippen LogP contribution in [0.1, 0.15) is 102 Å². The van der Waals surface area contributed by atoms with Gasteiger partial charge in [-0.15, -0.1) is 0 Å². The maximum Gasteiger partial charge on any atom is 2.00 e. The topological polar surface area (TPSA) is 55.8 Å². The van der Waals surface area contributed by atoms with Crippen molar-refractivity contribution in [3.05, 3.63) is 0 Å². The molecule has 0 aromatic heterocycles. The van der Waals surface area contributed by atoms with E-state index in [1.807, 2.05) is 6.92 Å². The zero-order valence-corrected chi connectivity index (χ0v) is 21.3. The van der Waals surface area contributed by atoms with Gasteiger partial charge in [-0.3, -0.25) is 9.05 Å². The molecule has 0 aliphatic heterocycles. The van der Waals surface area contributed by atoms with E-state index in [1.54, 1.807) is 0 Å². The van der Waals surface area contributed by atoms with Crippen LogP contribution in [-0.2, 0) is 13.6 Å². The van der Waals surface area contributed by atoms with Crippen LogP contribution in [0.15, 0.2) is 0 Å². The first-order valence-corrected chi connectivity index (χ1v) is 11.8. The quantitative estimate of drug-likeness (QED) is 0.169. The third kappa shape index (κ3) is 20.1. The van der Waals surface area contributed by atoms with E-state index < -0.39 is 7.82 Å². The Morgan fingerprint density at radius 3 is 1.85 bits per heavy atom. The molecule has 0 saturated heterocycles. The van der Waals surface area contributed by atoms with Crippen LogP contribution in [0, 0.1) is 17.8 Å². The van der Waals surface area contributed by atoms with Crippen molar-refractivity contribution < 1.29 is 21.4 Å². The minimum Gasteiger partial charge on any atom is -1.00 e. The minimum absolute atomic E-state index is 0. The molecule has 26 heavy (non-hydrogen) atoms. The second-order valence-corrected chi connectivity index (χ2v) is 9.87. The van der Waals surface area contributed by atoms with Gasteiger partial charge in [-0.05, 0) is 37.5 Å². The third-order valence-corrected chi connectivity index (χ3v) is 5.66. The van der Waals surface area contributed by atoms with Crippen LogP contribution in [0.25, 0.3) is 0 Å². The second-order valence-electron chi connectivity index (χ2n) is 8.47. The van der Waals surface area contributed by atoms with Gasteiger partial charge in [-0.25, -0.2) is 4.57 Å². The molecule has 3 unspecified atom stereocenters. The molecule has 3 atom stereocenters. The first-order chi connectivity index (χ1) is 11.6. The van der Waals surface area contributed by atoms with Crippen molar-refractivity contribution in [3.63, 3.8) is 0 Å². The Kier molecular flexibility index (Phi) is 19.6. The summed E-state index contributed by atoms with van der Waals surface area (Å²) in [4.78, 5) is 9.78. The van der Waals surface area contributed by atoms with Gasteiger partial charge in [-0.1, -0.05) is 79.6 Å². The molecule has 0 rings (SSSR count). The monoisotopic (exact) mass is 420 g/mol. The number of phosphoric ester groups is 1. The average Bonchev–Trinajstić information content (AvgIpc) is 2.45. The molecule has 0 spiro atoms. The molecule has 0 aliphatic carbocycles. The van der Waals surface area contributed by atoms with Gasteiger partial charge in [0.15, 0.2) is 0 Å². The molecule has 0 radical (unpaired) electrons. The molecule has 6 heteroatoms. The first kappa shape index (κ1) is 29.6. The van der Waals surface area contributed by atoms with E-state index in [1.165, 1.54) is 19.3 Å². The van der Waals surface area contributed by atoms with Gasteiger partial charge in [-0.2, -0.15) is 0 Å². The Balaban J connectivity index is -0.000000960. The predicted octanol–water partition coefficient (Wildman–Crippen LogP) is 6.81. The fourth-order valence-corrected chi connectivity index (χ4v) is 3.90.